The lowest BCUT2D eigenvalue weighted by molar-refractivity contribution is -0.137. The molecule has 8 nitrogen and oxygen atoms in total. The minimum atomic E-state index is -4.55. The molecule has 0 saturated carbocycles. The summed E-state index contributed by atoms with van der Waals surface area (Å²) in [7, 11) is 0. The molecule has 4 aromatic rings. The van der Waals surface area contributed by atoms with Crippen LogP contribution in [0.15, 0.2) is 53.5 Å². The molecule has 1 N–H and O–H groups in total. The van der Waals surface area contributed by atoms with E-state index < -0.39 is 35.9 Å². The van der Waals surface area contributed by atoms with Gasteiger partial charge < -0.3 is 9.73 Å². The molecule has 0 aliphatic heterocycles. The van der Waals surface area contributed by atoms with Gasteiger partial charge in [0.25, 0.3) is 11.8 Å². The number of nitrogens with zero attached hydrogens (tertiary/aromatic N) is 6. The Kier molecular flexibility index (Phi) is 5.98. The molecule has 0 saturated heterocycles. The number of benzene rings is 1. The van der Waals surface area contributed by atoms with E-state index in [0.717, 1.165) is 10.9 Å². The molecule has 0 amide bonds. The molecule has 0 aliphatic carbocycles. The average Bonchev–Trinajstić information content (AvgIpc) is 3.44. The van der Waals surface area contributed by atoms with Gasteiger partial charge in [-0.1, -0.05) is 12.1 Å². The van der Waals surface area contributed by atoms with Gasteiger partial charge in [-0.25, -0.2) is 14.4 Å². The topological polar surface area (TPSA) is 94.6 Å². The molecule has 3 aromatic heterocycles. The zero-order valence-corrected chi connectivity index (χ0v) is 16.3. The number of nitrogens with one attached hydrogen (secondary N) is 1. The number of hydrogen-bond acceptors (Lipinski definition) is 7. The van der Waals surface area contributed by atoms with Gasteiger partial charge in [0, 0.05) is 18.6 Å². The van der Waals surface area contributed by atoms with Gasteiger partial charge in [0.1, 0.15) is 5.82 Å². The number of anilines is 1. The van der Waals surface area contributed by atoms with Crippen molar-refractivity contribution in [2.45, 2.75) is 25.2 Å². The molecule has 14 heteroatoms. The predicted octanol–water partition coefficient (Wildman–Crippen LogP) is 4.67. The first-order valence-corrected chi connectivity index (χ1v) is 9.24. The highest BCUT2D eigenvalue weighted by Crippen LogP contribution is 2.29. The molecule has 172 valence electrons. The van der Waals surface area contributed by atoms with Crippen molar-refractivity contribution in [3.05, 3.63) is 71.9 Å². The van der Waals surface area contributed by atoms with Crippen LogP contribution in [0.3, 0.4) is 0 Å². The molecule has 3 heterocycles. The van der Waals surface area contributed by atoms with Crippen LogP contribution in [0, 0.1) is 5.82 Å². The fourth-order valence-electron chi connectivity index (χ4n) is 2.83. The summed E-state index contributed by atoms with van der Waals surface area (Å²) in [5.41, 5.74) is -0.199. The number of aromatic nitrogens is 6. The van der Waals surface area contributed by atoms with Crippen LogP contribution in [0.2, 0.25) is 0 Å². The van der Waals surface area contributed by atoms with Gasteiger partial charge in [-0.3, -0.25) is 4.68 Å². The van der Waals surface area contributed by atoms with E-state index in [4.69, 9.17) is 4.42 Å². The van der Waals surface area contributed by atoms with E-state index in [1.165, 1.54) is 36.7 Å². The minimum absolute atomic E-state index is 0.0601. The van der Waals surface area contributed by atoms with Gasteiger partial charge in [0.05, 0.1) is 29.9 Å². The summed E-state index contributed by atoms with van der Waals surface area (Å²) in [6.07, 6.45) is -3.44. The van der Waals surface area contributed by atoms with Crippen molar-refractivity contribution in [2.24, 2.45) is 0 Å². The fourth-order valence-corrected chi connectivity index (χ4v) is 2.83. The van der Waals surface area contributed by atoms with Crippen LogP contribution in [0.1, 0.15) is 29.5 Å². The third-order valence-corrected chi connectivity index (χ3v) is 4.43. The Balaban J connectivity index is 1.55. The Bertz CT molecular complexity index is 1200. The van der Waals surface area contributed by atoms with Gasteiger partial charge in [0.2, 0.25) is 5.95 Å². The molecule has 1 atom stereocenters. The Morgan fingerprint density at radius 2 is 1.70 bits per heavy atom. The summed E-state index contributed by atoms with van der Waals surface area (Å²) < 4.78 is 83.1. The molecular formula is C19H13F6N7O. The Hall–Kier alpha value is -3.97. The monoisotopic (exact) mass is 469 g/mol. The fraction of sp³-hybridized carbons (Fsp3) is 0.211. The van der Waals surface area contributed by atoms with Crippen LogP contribution in [0.4, 0.5) is 32.3 Å². The van der Waals surface area contributed by atoms with E-state index >= 15 is 0 Å². The van der Waals surface area contributed by atoms with E-state index in [-0.39, 0.29) is 23.9 Å². The Labute approximate surface area is 181 Å². The summed E-state index contributed by atoms with van der Waals surface area (Å²) in [6.45, 7) is -0.0613. The van der Waals surface area contributed by atoms with Crippen LogP contribution < -0.4 is 5.32 Å². The van der Waals surface area contributed by atoms with E-state index in [1.807, 2.05) is 0 Å². The first-order chi connectivity index (χ1) is 15.7. The van der Waals surface area contributed by atoms with Crippen molar-refractivity contribution in [1.82, 2.24) is 29.9 Å². The molecule has 0 aliphatic rings. The lowest BCUT2D eigenvalue weighted by atomic mass is 10.1. The zero-order valence-electron chi connectivity index (χ0n) is 16.3. The largest absolute Gasteiger partial charge is 0.419 e. The van der Waals surface area contributed by atoms with E-state index in [9.17, 15) is 26.3 Å². The highest BCUT2D eigenvalue weighted by Gasteiger charge is 2.32. The maximum Gasteiger partial charge on any atom is 0.419 e. The van der Waals surface area contributed by atoms with Crippen LogP contribution >= 0.6 is 0 Å². The highest BCUT2D eigenvalue weighted by molar-refractivity contribution is 5.50. The summed E-state index contributed by atoms with van der Waals surface area (Å²) in [6, 6.07) is 4.63. The van der Waals surface area contributed by atoms with Crippen LogP contribution in [0.25, 0.3) is 11.5 Å². The second-order valence-corrected chi connectivity index (χ2v) is 6.74. The van der Waals surface area contributed by atoms with Crippen molar-refractivity contribution < 1.29 is 30.8 Å². The first-order valence-electron chi connectivity index (χ1n) is 9.24. The molecule has 1 aromatic carbocycles. The molecule has 0 bridgehead atoms. The van der Waals surface area contributed by atoms with Crippen LogP contribution in [0.5, 0.6) is 0 Å². The van der Waals surface area contributed by atoms with Crippen molar-refractivity contribution in [2.75, 3.05) is 5.32 Å². The first kappa shape index (κ1) is 22.2. The number of hydrogen-bond donors (Lipinski definition) is 1. The lowest BCUT2D eigenvalue weighted by Gasteiger charge is -2.19. The van der Waals surface area contributed by atoms with Crippen molar-refractivity contribution >= 4 is 5.95 Å². The standard InChI is InChI=1S/C19H13F6N7O/c20-13-3-1-10(2-4-13)14(9-32-8-12(7-28-32)19(23,24)25)29-18-26-5-11(6-27-18)16-30-31-17(33-16)15(21)22/h1-8,14-15H,9H2,(H,26,27,29). The van der Waals surface area contributed by atoms with Crippen LogP contribution in [-0.4, -0.2) is 29.9 Å². The third kappa shape index (κ3) is 5.27. The third-order valence-electron chi connectivity index (χ3n) is 4.43. The van der Waals surface area contributed by atoms with Crippen molar-refractivity contribution in [1.29, 1.82) is 0 Å². The lowest BCUT2D eigenvalue weighted by Crippen LogP contribution is -2.19. The summed E-state index contributed by atoms with van der Waals surface area (Å²) in [4.78, 5) is 8.11. The normalized spacial score (nSPS) is 12.8. The van der Waals surface area contributed by atoms with Gasteiger partial charge >= 0.3 is 12.6 Å². The van der Waals surface area contributed by atoms with Crippen molar-refractivity contribution in [3.8, 4) is 11.5 Å². The zero-order chi connectivity index (χ0) is 23.6. The van der Waals surface area contributed by atoms with E-state index in [2.05, 4.69) is 30.6 Å². The van der Waals surface area contributed by atoms with Gasteiger partial charge in [-0.05, 0) is 17.7 Å². The molecule has 4 rings (SSSR count). The number of halogens is 6. The summed E-state index contributed by atoms with van der Waals surface area (Å²) in [5.74, 6) is -1.48. The quantitative estimate of drug-likeness (QED) is 0.393. The maximum absolute atomic E-state index is 13.3. The number of rotatable bonds is 7. The molecule has 33 heavy (non-hydrogen) atoms. The average molecular weight is 469 g/mol. The number of alkyl halides is 5. The van der Waals surface area contributed by atoms with Gasteiger partial charge in [-0.15, -0.1) is 10.2 Å². The Morgan fingerprint density at radius 1 is 1.00 bits per heavy atom. The van der Waals surface area contributed by atoms with Gasteiger partial charge in [-0.2, -0.15) is 27.1 Å². The molecular weight excluding hydrogens is 456 g/mol. The molecule has 0 spiro atoms. The second kappa shape index (κ2) is 8.88. The Morgan fingerprint density at radius 3 is 2.27 bits per heavy atom. The van der Waals surface area contributed by atoms with Crippen LogP contribution in [-0.2, 0) is 12.7 Å². The van der Waals surface area contributed by atoms with Crippen molar-refractivity contribution in [3.63, 3.8) is 0 Å². The summed E-state index contributed by atoms with van der Waals surface area (Å²) >= 11 is 0. The van der Waals surface area contributed by atoms with E-state index in [0.29, 0.717) is 11.8 Å². The second-order valence-electron chi connectivity index (χ2n) is 6.74. The van der Waals surface area contributed by atoms with E-state index in [1.54, 1.807) is 0 Å². The highest BCUT2D eigenvalue weighted by atomic mass is 19.4. The SMILES string of the molecule is Fc1ccc(C(Cn2cc(C(F)(F)F)cn2)Nc2ncc(-c3nnc(C(F)F)o3)cn2)cc1. The maximum atomic E-state index is 13.3. The summed E-state index contributed by atoms with van der Waals surface area (Å²) in [5, 5.41) is 13.4. The van der Waals surface area contributed by atoms with Gasteiger partial charge in [0.15, 0.2) is 0 Å². The minimum Gasteiger partial charge on any atom is -0.415 e. The molecule has 0 radical (unpaired) electrons. The predicted molar refractivity (Wildman–Crippen MR) is 100 cm³/mol. The molecule has 0 fully saturated rings. The molecule has 1 unspecified atom stereocenters. The smallest absolute Gasteiger partial charge is 0.415 e.